The van der Waals surface area contributed by atoms with Gasteiger partial charge in [0.15, 0.2) is 4.90 Å². The summed E-state index contributed by atoms with van der Waals surface area (Å²) in [6.07, 6.45) is 0.940. The van der Waals surface area contributed by atoms with Gasteiger partial charge in [0.25, 0.3) is 10.0 Å². The number of nitrogens with zero attached hydrogens (tertiary/aromatic N) is 1. The van der Waals surface area contributed by atoms with Gasteiger partial charge in [0.2, 0.25) is 0 Å². The third-order valence-corrected chi connectivity index (χ3v) is 5.93. The second-order valence-electron chi connectivity index (χ2n) is 5.40. The number of sulfonamides is 1. The molecule has 0 amide bonds. The summed E-state index contributed by atoms with van der Waals surface area (Å²) < 4.78 is 42.8. The molecule has 0 aliphatic carbocycles. The highest BCUT2D eigenvalue weighted by molar-refractivity contribution is 7.89. The van der Waals surface area contributed by atoms with Crippen LogP contribution in [0.2, 0.25) is 0 Å². The quantitative estimate of drug-likeness (QED) is 0.814. The topological polar surface area (TPSA) is 102 Å². The highest BCUT2D eigenvalue weighted by Crippen LogP contribution is 2.40. The number of carboxylic acid groups (broad SMARTS) is 1. The summed E-state index contributed by atoms with van der Waals surface area (Å²) in [6.45, 7) is 0.181. The Bertz CT molecular complexity index is 692. The monoisotopic (exact) mass is 359 g/mol. The molecule has 1 saturated heterocycles. The van der Waals surface area contributed by atoms with Crippen molar-refractivity contribution in [2.75, 3.05) is 34.4 Å². The first-order valence-electron chi connectivity index (χ1n) is 7.38. The van der Waals surface area contributed by atoms with Crippen LogP contribution in [0, 0.1) is 5.92 Å². The van der Waals surface area contributed by atoms with Crippen molar-refractivity contribution < 1.29 is 32.5 Å². The van der Waals surface area contributed by atoms with Crippen molar-refractivity contribution in [3.05, 3.63) is 12.1 Å². The second kappa shape index (κ2) is 7.27. The standard InChI is InChI=1S/C15H21NO7S/c1-21-11-7-12(22-2)14(13(8-11)23-3)24(19,20)16-6-4-5-10(9-16)15(17)18/h7-8,10H,4-6,9H2,1-3H3,(H,17,18). The maximum absolute atomic E-state index is 13.0. The van der Waals surface area contributed by atoms with Gasteiger partial charge in [-0.2, -0.15) is 4.31 Å². The molecule has 1 unspecified atom stereocenters. The summed E-state index contributed by atoms with van der Waals surface area (Å²) >= 11 is 0. The first-order valence-corrected chi connectivity index (χ1v) is 8.82. The van der Waals surface area contributed by atoms with E-state index in [4.69, 9.17) is 14.2 Å². The average molecular weight is 359 g/mol. The number of piperidine rings is 1. The fourth-order valence-corrected chi connectivity index (χ4v) is 4.52. The van der Waals surface area contributed by atoms with Gasteiger partial charge in [-0.25, -0.2) is 8.42 Å². The van der Waals surface area contributed by atoms with Gasteiger partial charge in [-0.05, 0) is 12.8 Å². The van der Waals surface area contributed by atoms with Crippen LogP contribution in [0.5, 0.6) is 17.2 Å². The number of carbonyl (C=O) groups is 1. The maximum atomic E-state index is 13.0. The first-order chi connectivity index (χ1) is 11.3. The molecule has 8 nitrogen and oxygen atoms in total. The molecule has 1 aliphatic rings. The summed E-state index contributed by atoms with van der Waals surface area (Å²) in [5.74, 6) is -1.15. The third-order valence-electron chi connectivity index (χ3n) is 4.00. The zero-order valence-electron chi connectivity index (χ0n) is 13.8. The zero-order valence-corrected chi connectivity index (χ0v) is 14.6. The Morgan fingerprint density at radius 3 is 2.21 bits per heavy atom. The maximum Gasteiger partial charge on any atom is 0.307 e. The molecule has 1 fully saturated rings. The van der Waals surface area contributed by atoms with Crippen LogP contribution in [0.15, 0.2) is 17.0 Å². The number of carboxylic acids is 1. The molecule has 1 aliphatic heterocycles. The molecular formula is C15H21NO7S. The smallest absolute Gasteiger partial charge is 0.307 e. The number of hydrogen-bond acceptors (Lipinski definition) is 6. The Kier molecular flexibility index (Phi) is 5.55. The van der Waals surface area contributed by atoms with E-state index in [2.05, 4.69) is 0 Å². The minimum Gasteiger partial charge on any atom is -0.496 e. The van der Waals surface area contributed by atoms with E-state index in [0.717, 1.165) is 0 Å². The summed E-state index contributed by atoms with van der Waals surface area (Å²) in [5.41, 5.74) is 0. The van der Waals surface area contributed by atoms with Gasteiger partial charge in [0.05, 0.1) is 27.2 Å². The van der Waals surface area contributed by atoms with Crippen molar-refractivity contribution in [2.45, 2.75) is 17.7 Å². The lowest BCUT2D eigenvalue weighted by Crippen LogP contribution is -2.42. The SMILES string of the molecule is COc1cc(OC)c(S(=O)(=O)N2CCCC(C(=O)O)C2)c(OC)c1. The number of rotatable bonds is 6. The average Bonchev–Trinajstić information content (AvgIpc) is 2.60. The minimum atomic E-state index is -3.97. The van der Waals surface area contributed by atoms with E-state index in [9.17, 15) is 18.3 Å². The van der Waals surface area contributed by atoms with Crippen LogP contribution >= 0.6 is 0 Å². The number of hydrogen-bond donors (Lipinski definition) is 1. The predicted molar refractivity (Wildman–Crippen MR) is 85.2 cm³/mol. The van der Waals surface area contributed by atoms with Crippen molar-refractivity contribution in [3.8, 4) is 17.2 Å². The summed E-state index contributed by atoms with van der Waals surface area (Å²) in [7, 11) is 0.176. The molecule has 1 N–H and O–H groups in total. The van der Waals surface area contributed by atoms with Gasteiger partial charge < -0.3 is 19.3 Å². The van der Waals surface area contributed by atoms with Crippen molar-refractivity contribution >= 4 is 16.0 Å². The van der Waals surface area contributed by atoms with E-state index in [1.165, 1.54) is 37.8 Å². The Balaban J connectivity index is 2.50. The van der Waals surface area contributed by atoms with Crippen LogP contribution in [0.25, 0.3) is 0 Å². The highest BCUT2D eigenvalue weighted by atomic mass is 32.2. The fraction of sp³-hybridized carbons (Fsp3) is 0.533. The van der Waals surface area contributed by atoms with Gasteiger partial charge in [0, 0.05) is 25.2 Å². The third kappa shape index (κ3) is 3.41. The number of aliphatic carboxylic acids is 1. The van der Waals surface area contributed by atoms with Crippen molar-refractivity contribution in [3.63, 3.8) is 0 Å². The van der Waals surface area contributed by atoms with E-state index < -0.39 is 21.9 Å². The van der Waals surface area contributed by atoms with Crippen LogP contribution in [-0.2, 0) is 14.8 Å². The summed E-state index contributed by atoms with van der Waals surface area (Å²) in [5, 5.41) is 9.17. The van der Waals surface area contributed by atoms with Gasteiger partial charge >= 0.3 is 5.97 Å². The fourth-order valence-electron chi connectivity index (χ4n) is 2.72. The Morgan fingerprint density at radius 1 is 1.17 bits per heavy atom. The molecule has 0 radical (unpaired) electrons. The largest absolute Gasteiger partial charge is 0.496 e. The Hall–Kier alpha value is -2.00. The molecule has 0 bridgehead atoms. The van der Waals surface area contributed by atoms with E-state index >= 15 is 0 Å². The molecule has 134 valence electrons. The van der Waals surface area contributed by atoms with E-state index in [0.29, 0.717) is 18.6 Å². The molecule has 0 aromatic heterocycles. The lowest BCUT2D eigenvalue weighted by molar-refractivity contribution is -0.142. The summed E-state index contributed by atoms with van der Waals surface area (Å²) in [6, 6.07) is 2.90. The lowest BCUT2D eigenvalue weighted by atomic mass is 10.0. The van der Waals surface area contributed by atoms with Crippen molar-refractivity contribution in [1.82, 2.24) is 4.31 Å². The molecule has 0 saturated carbocycles. The zero-order chi connectivity index (χ0) is 17.9. The Morgan fingerprint density at radius 2 is 1.75 bits per heavy atom. The predicted octanol–water partition coefficient (Wildman–Crippen LogP) is 1.20. The lowest BCUT2D eigenvalue weighted by Gasteiger charge is -2.30. The molecule has 24 heavy (non-hydrogen) atoms. The molecule has 1 atom stereocenters. The number of benzene rings is 1. The van der Waals surface area contributed by atoms with Crippen LogP contribution in [0.4, 0.5) is 0 Å². The van der Waals surface area contributed by atoms with Crippen LogP contribution in [0.3, 0.4) is 0 Å². The normalized spacial score (nSPS) is 18.9. The minimum absolute atomic E-state index is 0.0734. The van der Waals surface area contributed by atoms with Crippen LogP contribution in [0.1, 0.15) is 12.8 Å². The van der Waals surface area contributed by atoms with Gasteiger partial charge in [-0.3, -0.25) is 4.79 Å². The van der Waals surface area contributed by atoms with Crippen molar-refractivity contribution in [1.29, 1.82) is 0 Å². The molecule has 2 rings (SSSR count). The molecule has 1 aromatic rings. The summed E-state index contributed by atoms with van der Waals surface area (Å²) in [4.78, 5) is 11.1. The number of methoxy groups -OCH3 is 3. The van der Waals surface area contributed by atoms with E-state index in [1.54, 1.807) is 0 Å². The molecule has 1 aromatic carbocycles. The van der Waals surface area contributed by atoms with Crippen molar-refractivity contribution in [2.24, 2.45) is 5.92 Å². The number of ether oxygens (including phenoxy) is 3. The van der Waals surface area contributed by atoms with E-state index in [1.807, 2.05) is 0 Å². The van der Waals surface area contributed by atoms with Gasteiger partial charge in [-0.1, -0.05) is 0 Å². The highest BCUT2D eigenvalue weighted by Gasteiger charge is 2.37. The molecule has 1 heterocycles. The molecule has 9 heteroatoms. The van der Waals surface area contributed by atoms with Gasteiger partial charge in [0.1, 0.15) is 17.2 Å². The van der Waals surface area contributed by atoms with E-state index in [-0.39, 0.29) is 29.5 Å². The Labute approximate surface area is 141 Å². The van der Waals surface area contributed by atoms with Crippen LogP contribution < -0.4 is 14.2 Å². The molecule has 0 spiro atoms. The van der Waals surface area contributed by atoms with Crippen LogP contribution in [-0.4, -0.2) is 58.2 Å². The second-order valence-corrected chi connectivity index (χ2v) is 7.28. The molecular weight excluding hydrogens is 338 g/mol. The van der Waals surface area contributed by atoms with Gasteiger partial charge in [-0.15, -0.1) is 0 Å². The first kappa shape index (κ1) is 18.3.